The van der Waals surface area contributed by atoms with Gasteiger partial charge in [0, 0.05) is 12.1 Å². The van der Waals surface area contributed by atoms with Crippen LogP contribution in [0.1, 0.15) is 28.7 Å². The molecule has 0 fully saturated rings. The third-order valence-corrected chi connectivity index (χ3v) is 5.84. The Balaban J connectivity index is 0.00000560. The van der Waals surface area contributed by atoms with Crippen LogP contribution in [0.4, 0.5) is 9.18 Å². The predicted molar refractivity (Wildman–Crippen MR) is 154 cm³/mol. The summed E-state index contributed by atoms with van der Waals surface area (Å²) in [6, 6.07) is 23.1. The van der Waals surface area contributed by atoms with Gasteiger partial charge in [0.05, 0.1) is 6.04 Å². The average Bonchev–Trinajstić information content (AvgIpc) is 2.97. The second kappa shape index (κ2) is 16.6. The summed E-state index contributed by atoms with van der Waals surface area (Å²) in [5, 5.41) is 4.97. The van der Waals surface area contributed by atoms with Crippen molar-refractivity contribution in [2.45, 2.75) is 38.1 Å². The van der Waals surface area contributed by atoms with E-state index in [1.807, 2.05) is 60.7 Å². The number of alkyl halides is 1. The molecule has 3 aromatic rings. The standard InChI is InChI=1S/C29H32FN5O4.ClH/c30-17-25(34-27(36)24(31)16-13-20-7-3-1-4-8-20)28(37)33-18-21-11-14-23(15-12-21)26(32)35-29(38)39-19-22-9-5-2-6-10-22;/h1-12,14-15,24-25H,13,16-19,31H2,(H,33,37)(H,34,36)(H2,32,35,38);1H/t24-,25?;/m1./s1. The summed E-state index contributed by atoms with van der Waals surface area (Å²) in [6.07, 6.45) is 0.133. The Bertz CT molecular complexity index is 1260. The van der Waals surface area contributed by atoms with E-state index in [2.05, 4.69) is 15.6 Å². The topological polar surface area (TPSA) is 149 Å². The molecule has 0 aliphatic rings. The van der Waals surface area contributed by atoms with E-state index in [9.17, 15) is 18.8 Å². The Kier molecular flexibility index (Phi) is 13.3. The molecule has 1 unspecified atom stereocenters. The first kappa shape index (κ1) is 31.9. The number of carbonyl (C=O) groups excluding carboxylic acids is 3. The molecule has 0 radical (unpaired) electrons. The van der Waals surface area contributed by atoms with Crippen molar-refractivity contribution in [3.8, 4) is 0 Å². The molecule has 3 rings (SSSR count). The molecule has 0 aromatic heterocycles. The Morgan fingerprint density at radius 3 is 2.05 bits per heavy atom. The number of nitrogens with one attached hydrogen (secondary N) is 2. The first-order chi connectivity index (χ1) is 18.9. The van der Waals surface area contributed by atoms with Gasteiger partial charge in [-0.15, -0.1) is 12.4 Å². The number of amides is 3. The van der Waals surface area contributed by atoms with Crippen molar-refractivity contribution in [3.05, 3.63) is 107 Å². The molecular formula is C29H33ClFN5O4. The molecule has 2 atom stereocenters. The monoisotopic (exact) mass is 569 g/mol. The smallest absolute Gasteiger partial charge is 0.435 e. The van der Waals surface area contributed by atoms with Crippen LogP contribution < -0.4 is 22.1 Å². The number of nitrogens with two attached hydrogens (primary N) is 2. The molecule has 0 aliphatic heterocycles. The highest BCUT2D eigenvalue weighted by molar-refractivity contribution is 6.02. The molecule has 6 N–H and O–H groups in total. The van der Waals surface area contributed by atoms with E-state index in [1.54, 1.807) is 24.3 Å². The molecule has 0 saturated carbocycles. The van der Waals surface area contributed by atoms with Gasteiger partial charge >= 0.3 is 6.09 Å². The summed E-state index contributed by atoms with van der Waals surface area (Å²) in [4.78, 5) is 40.5. The number of nitrogens with zero attached hydrogens (tertiary/aromatic N) is 1. The van der Waals surface area contributed by atoms with Gasteiger partial charge in [0.2, 0.25) is 11.8 Å². The van der Waals surface area contributed by atoms with Crippen LogP contribution in [0, 0.1) is 0 Å². The Hall–Kier alpha value is -4.28. The number of carbonyl (C=O) groups is 3. The molecular weight excluding hydrogens is 537 g/mol. The zero-order chi connectivity index (χ0) is 28.0. The van der Waals surface area contributed by atoms with E-state index in [0.29, 0.717) is 24.0 Å². The number of hydrogen-bond donors (Lipinski definition) is 4. The number of hydrogen-bond acceptors (Lipinski definition) is 5. The summed E-state index contributed by atoms with van der Waals surface area (Å²) in [7, 11) is 0. The van der Waals surface area contributed by atoms with Gasteiger partial charge in [-0.1, -0.05) is 84.9 Å². The van der Waals surface area contributed by atoms with Gasteiger partial charge in [-0.05, 0) is 29.5 Å². The number of ether oxygens (including phenoxy) is 1. The van der Waals surface area contributed by atoms with E-state index < -0.39 is 36.7 Å². The number of aryl methyl sites for hydroxylation is 1. The second-order valence-corrected chi connectivity index (χ2v) is 8.80. The van der Waals surface area contributed by atoms with E-state index in [1.165, 1.54) is 0 Å². The number of amidine groups is 1. The van der Waals surface area contributed by atoms with E-state index in [0.717, 1.165) is 11.1 Å². The van der Waals surface area contributed by atoms with Crippen LogP contribution in [0.2, 0.25) is 0 Å². The third-order valence-electron chi connectivity index (χ3n) is 5.84. The number of aliphatic imine (C=N–C) groups is 1. The van der Waals surface area contributed by atoms with Crippen LogP contribution in [0.5, 0.6) is 0 Å². The highest BCUT2D eigenvalue weighted by Gasteiger charge is 2.23. The fourth-order valence-corrected chi connectivity index (χ4v) is 3.57. The molecule has 0 spiro atoms. The van der Waals surface area contributed by atoms with Crippen molar-refractivity contribution in [1.82, 2.24) is 10.6 Å². The highest BCUT2D eigenvalue weighted by atomic mass is 35.5. The summed E-state index contributed by atoms with van der Waals surface area (Å²) >= 11 is 0. The Morgan fingerprint density at radius 1 is 0.850 bits per heavy atom. The maximum atomic E-state index is 13.5. The van der Waals surface area contributed by atoms with Gasteiger partial charge < -0.3 is 26.8 Å². The summed E-state index contributed by atoms with van der Waals surface area (Å²) in [5.41, 5.74) is 14.9. The lowest BCUT2D eigenvalue weighted by molar-refractivity contribution is -0.130. The predicted octanol–water partition coefficient (Wildman–Crippen LogP) is 3.18. The fraction of sp³-hybridized carbons (Fsp3) is 0.241. The molecule has 11 heteroatoms. The van der Waals surface area contributed by atoms with Crippen molar-refractivity contribution in [1.29, 1.82) is 0 Å². The molecule has 3 aromatic carbocycles. The summed E-state index contributed by atoms with van der Waals surface area (Å²) < 4.78 is 18.6. The van der Waals surface area contributed by atoms with E-state index in [4.69, 9.17) is 16.2 Å². The zero-order valence-electron chi connectivity index (χ0n) is 21.8. The van der Waals surface area contributed by atoms with E-state index >= 15 is 0 Å². The molecule has 0 heterocycles. The van der Waals surface area contributed by atoms with Crippen LogP contribution in [0.15, 0.2) is 89.9 Å². The van der Waals surface area contributed by atoms with Crippen molar-refractivity contribution in [2.75, 3.05) is 6.67 Å². The Morgan fingerprint density at radius 2 is 1.45 bits per heavy atom. The molecule has 0 aliphatic carbocycles. The lowest BCUT2D eigenvalue weighted by Gasteiger charge is -2.18. The van der Waals surface area contributed by atoms with Gasteiger partial charge in [-0.3, -0.25) is 9.59 Å². The molecule has 212 valence electrons. The van der Waals surface area contributed by atoms with Crippen molar-refractivity contribution in [3.63, 3.8) is 0 Å². The number of halogens is 2. The first-order valence-corrected chi connectivity index (χ1v) is 12.4. The minimum absolute atomic E-state index is 0. The first-order valence-electron chi connectivity index (χ1n) is 12.4. The molecule has 9 nitrogen and oxygen atoms in total. The quantitative estimate of drug-likeness (QED) is 0.194. The molecule has 0 saturated heterocycles. The second-order valence-electron chi connectivity index (χ2n) is 8.80. The van der Waals surface area contributed by atoms with Gasteiger partial charge in [0.25, 0.3) is 0 Å². The molecule has 0 bridgehead atoms. The maximum absolute atomic E-state index is 13.5. The van der Waals surface area contributed by atoms with Crippen LogP contribution in [-0.2, 0) is 33.9 Å². The van der Waals surface area contributed by atoms with Gasteiger partial charge in [0.1, 0.15) is 25.2 Å². The van der Waals surface area contributed by atoms with Gasteiger partial charge in [-0.25, -0.2) is 9.18 Å². The minimum Gasteiger partial charge on any atom is -0.443 e. The zero-order valence-corrected chi connectivity index (χ0v) is 22.6. The highest BCUT2D eigenvalue weighted by Crippen LogP contribution is 2.07. The lowest BCUT2D eigenvalue weighted by atomic mass is 10.1. The minimum atomic E-state index is -1.36. The van der Waals surface area contributed by atoms with Gasteiger partial charge in [0.15, 0.2) is 0 Å². The van der Waals surface area contributed by atoms with Crippen LogP contribution in [0.3, 0.4) is 0 Å². The van der Waals surface area contributed by atoms with Gasteiger partial charge in [-0.2, -0.15) is 4.99 Å². The molecule has 40 heavy (non-hydrogen) atoms. The molecule has 3 amide bonds. The number of rotatable bonds is 12. The fourth-order valence-electron chi connectivity index (χ4n) is 3.57. The van der Waals surface area contributed by atoms with Crippen molar-refractivity contribution < 1.29 is 23.5 Å². The van der Waals surface area contributed by atoms with Crippen LogP contribution >= 0.6 is 12.4 Å². The SMILES string of the molecule is Cl.NC(=NC(=O)OCc1ccccc1)c1ccc(CNC(=O)C(CF)NC(=O)[C@H](N)CCc2ccccc2)cc1. The normalized spacial score (nSPS) is 12.4. The largest absolute Gasteiger partial charge is 0.443 e. The van der Waals surface area contributed by atoms with E-state index in [-0.39, 0.29) is 31.4 Å². The summed E-state index contributed by atoms with van der Waals surface area (Å²) in [5.74, 6) is -1.29. The summed E-state index contributed by atoms with van der Waals surface area (Å²) in [6.45, 7) is -0.911. The lowest BCUT2D eigenvalue weighted by Crippen LogP contribution is -2.52. The van der Waals surface area contributed by atoms with Crippen LogP contribution in [-0.4, -0.2) is 42.5 Å². The third kappa shape index (κ3) is 10.5. The average molecular weight is 570 g/mol. The van der Waals surface area contributed by atoms with Crippen molar-refractivity contribution >= 4 is 36.2 Å². The maximum Gasteiger partial charge on any atom is 0.435 e. The van der Waals surface area contributed by atoms with Crippen LogP contribution in [0.25, 0.3) is 0 Å². The van der Waals surface area contributed by atoms with Crippen molar-refractivity contribution in [2.24, 2.45) is 16.5 Å². The Labute approximate surface area is 238 Å². The number of benzene rings is 3.